The van der Waals surface area contributed by atoms with Gasteiger partial charge in [0.15, 0.2) is 6.61 Å². The second-order valence-electron chi connectivity index (χ2n) is 6.54. The number of rotatable bonds is 7. The highest BCUT2D eigenvalue weighted by molar-refractivity contribution is 7.10. The Labute approximate surface area is 178 Å². The second-order valence-corrected chi connectivity index (χ2v) is 7.52. The van der Waals surface area contributed by atoms with Gasteiger partial charge in [0.25, 0.3) is 0 Å². The maximum absolute atomic E-state index is 12.6. The SMILES string of the molecule is COC(=O)c1ccc(-n2c(C)cc(C(=O)COC(=O)/C=C/c3cccs3)c2C)cc1. The van der Waals surface area contributed by atoms with Crippen molar-refractivity contribution in [1.82, 2.24) is 4.57 Å². The fraction of sp³-hybridized carbons (Fsp3) is 0.174. The Kier molecular flexibility index (Phi) is 6.64. The number of carbonyl (C=O) groups is 3. The summed E-state index contributed by atoms with van der Waals surface area (Å²) in [5, 5.41) is 1.91. The van der Waals surface area contributed by atoms with E-state index < -0.39 is 11.9 Å². The molecular formula is C23H21NO5S. The van der Waals surface area contributed by atoms with Crippen molar-refractivity contribution in [3.8, 4) is 5.69 Å². The minimum absolute atomic E-state index is 0.279. The van der Waals surface area contributed by atoms with Gasteiger partial charge in [-0.2, -0.15) is 0 Å². The predicted octanol–water partition coefficient (Wildman–Crippen LogP) is 4.38. The van der Waals surface area contributed by atoms with Crippen LogP contribution in [-0.2, 0) is 14.3 Å². The summed E-state index contributed by atoms with van der Waals surface area (Å²) in [6, 6.07) is 12.4. The van der Waals surface area contributed by atoms with Crippen LogP contribution in [0.4, 0.5) is 0 Å². The van der Waals surface area contributed by atoms with E-state index >= 15 is 0 Å². The summed E-state index contributed by atoms with van der Waals surface area (Å²) in [5.74, 6) is -1.25. The molecule has 0 aliphatic rings. The first-order valence-corrected chi connectivity index (χ1v) is 10.1. The molecule has 0 bridgehead atoms. The molecule has 0 saturated heterocycles. The zero-order valence-electron chi connectivity index (χ0n) is 16.9. The van der Waals surface area contributed by atoms with Crippen LogP contribution in [0, 0.1) is 13.8 Å². The summed E-state index contributed by atoms with van der Waals surface area (Å²) < 4.78 is 11.7. The van der Waals surface area contributed by atoms with Gasteiger partial charge in [0.05, 0.1) is 12.7 Å². The van der Waals surface area contributed by atoms with Crippen molar-refractivity contribution in [2.24, 2.45) is 0 Å². The average Bonchev–Trinajstić information content (AvgIpc) is 3.37. The van der Waals surface area contributed by atoms with Gasteiger partial charge in [0.2, 0.25) is 5.78 Å². The highest BCUT2D eigenvalue weighted by atomic mass is 32.1. The first-order valence-electron chi connectivity index (χ1n) is 9.20. The highest BCUT2D eigenvalue weighted by Gasteiger charge is 2.18. The lowest BCUT2D eigenvalue weighted by Gasteiger charge is -2.10. The van der Waals surface area contributed by atoms with Crippen LogP contribution in [0.25, 0.3) is 11.8 Å². The lowest BCUT2D eigenvalue weighted by Crippen LogP contribution is -2.13. The van der Waals surface area contributed by atoms with Gasteiger partial charge in [-0.05, 0) is 61.7 Å². The maximum atomic E-state index is 12.6. The number of ketones is 1. The summed E-state index contributed by atoms with van der Waals surface area (Å²) in [6.45, 7) is 3.37. The minimum Gasteiger partial charge on any atom is -0.465 e. The largest absolute Gasteiger partial charge is 0.465 e. The molecule has 0 spiro atoms. The van der Waals surface area contributed by atoms with Crippen LogP contribution in [-0.4, -0.2) is 36.0 Å². The number of ether oxygens (including phenoxy) is 2. The number of benzene rings is 1. The summed E-state index contributed by atoms with van der Waals surface area (Å²) >= 11 is 1.50. The molecule has 30 heavy (non-hydrogen) atoms. The zero-order valence-corrected chi connectivity index (χ0v) is 17.7. The number of aromatic nitrogens is 1. The molecule has 0 atom stereocenters. The standard InChI is InChI=1S/C23H21NO5S/c1-15-13-20(21(25)14-29-22(26)11-10-19-5-4-12-30-19)16(2)24(15)18-8-6-17(7-9-18)23(27)28-3/h4-13H,14H2,1-3H3/b11-10+. The van der Waals surface area contributed by atoms with Crippen molar-refractivity contribution >= 4 is 35.1 Å². The second kappa shape index (κ2) is 9.37. The summed E-state index contributed by atoms with van der Waals surface area (Å²) in [7, 11) is 1.33. The molecule has 3 rings (SSSR count). The van der Waals surface area contributed by atoms with Crippen LogP contribution in [0.5, 0.6) is 0 Å². The van der Waals surface area contributed by atoms with Crippen molar-refractivity contribution in [3.63, 3.8) is 0 Å². The molecular weight excluding hydrogens is 402 g/mol. The molecule has 1 aromatic carbocycles. The van der Waals surface area contributed by atoms with Gasteiger partial charge in [-0.15, -0.1) is 11.3 Å². The molecule has 0 radical (unpaired) electrons. The van der Waals surface area contributed by atoms with E-state index in [9.17, 15) is 14.4 Å². The Morgan fingerprint density at radius 3 is 2.47 bits per heavy atom. The number of methoxy groups -OCH3 is 1. The molecule has 154 valence electrons. The molecule has 0 saturated carbocycles. The molecule has 0 aliphatic heterocycles. The van der Waals surface area contributed by atoms with E-state index in [2.05, 4.69) is 0 Å². The number of Topliss-reactive ketones (excluding diaryl/α,β-unsaturated/α-hetero) is 1. The fourth-order valence-corrected chi connectivity index (χ4v) is 3.72. The van der Waals surface area contributed by atoms with Gasteiger partial charge in [0, 0.05) is 33.6 Å². The van der Waals surface area contributed by atoms with Crippen LogP contribution >= 0.6 is 11.3 Å². The van der Waals surface area contributed by atoms with E-state index in [1.807, 2.05) is 35.9 Å². The third-order valence-corrected chi connectivity index (χ3v) is 5.39. The van der Waals surface area contributed by atoms with Crippen molar-refractivity contribution in [3.05, 3.63) is 81.3 Å². The van der Waals surface area contributed by atoms with Gasteiger partial charge in [-0.25, -0.2) is 9.59 Å². The quantitative estimate of drug-likeness (QED) is 0.320. The maximum Gasteiger partial charge on any atom is 0.337 e. The van der Waals surface area contributed by atoms with Crippen molar-refractivity contribution < 1.29 is 23.9 Å². The van der Waals surface area contributed by atoms with Gasteiger partial charge in [-0.1, -0.05) is 6.07 Å². The number of hydrogen-bond donors (Lipinski definition) is 0. The smallest absolute Gasteiger partial charge is 0.337 e. The summed E-state index contributed by atoms with van der Waals surface area (Å²) in [5.41, 5.74) is 3.33. The van der Waals surface area contributed by atoms with Crippen molar-refractivity contribution in [1.29, 1.82) is 0 Å². The van der Waals surface area contributed by atoms with Crippen LogP contribution in [0.2, 0.25) is 0 Å². The molecule has 0 N–H and O–H groups in total. The number of carbonyl (C=O) groups excluding carboxylic acids is 3. The predicted molar refractivity (Wildman–Crippen MR) is 115 cm³/mol. The number of nitrogens with zero attached hydrogens (tertiary/aromatic N) is 1. The lowest BCUT2D eigenvalue weighted by molar-refractivity contribution is -0.136. The molecule has 6 nitrogen and oxygen atoms in total. The fourth-order valence-electron chi connectivity index (χ4n) is 3.11. The highest BCUT2D eigenvalue weighted by Crippen LogP contribution is 2.22. The molecule has 0 fully saturated rings. The van der Waals surface area contributed by atoms with Crippen molar-refractivity contribution in [2.75, 3.05) is 13.7 Å². The van der Waals surface area contributed by atoms with Crippen molar-refractivity contribution in [2.45, 2.75) is 13.8 Å². The molecule has 0 aliphatic carbocycles. The topological polar surface area (TPSA) is 74.6 Å². The normalized spacial score (nSPS) is 10.9. The molecule has 0 unspecified atom stereocenters. The van der Waals surface area contributed by atoms with E-state index in [0.29, 0.717) is 11.1 Å². The van der Waals surface area contributed by atoms with E-state index in [-0.39, 0.29) is 12.4 Å². The van der Waals surface area contributed by atoms with E-state index in [4.69, 9.17) is 9.47 Å². The average molecular weight is 423 g/mol. The van der Waals surface area contributed by atoms with E-state index in [1.165, 1.54) is 24.5 Å². The Balaban J connectivity index is 1.70. The first kappa shape index (κ1) is 21.3. The van der Waals surface area contributed by atoms with Crippen LogP contribution in [0.15, 0.2) is 53.9 Å². The number of hydrogen-bond acceptors (Lipinski definition) is 6. The van der Waals surface area contributed by atoms with E-state index in [1.54, 1.807) is 36.4 Å². The first-order chi connectivity index (χ1) is 14.4. The van der Waals surface area contributed by atoms with Gasteiger partial charge < -0.3 is 14.0 Å². The Morgan fingerprint density at radius 1 is 1.10 bits per heavy atom. The van der Waals surface area contributed by atoms with Gasteiger partial charge >= 0.3 is 11.9 Å². The number of aryl methyl sites for hydroxylation is 1. The van der Waals surface area contributed by atoms with Gasteiger partial charge in [0.1, 0.15) is 0 Å². The zero-order chi connectivity index (χ0) is 21.7. The van der Waals surface area contributed by atoms with Gasteiger partial charge in [-0.3, -0.25) is 4.79 Å². The molecule has 3 aromatic rings. The summed E-state index contributed by atoms with van der Waals surface area (Å²) in [6.07, 6.45) is 2.96. The minimum atomic E-state index is -0.566. The number of esters is 2. The van der Waals surface area contributed by atoms with Crippen LogP contribution in [0.3, 0.4) is 0 Å². The summed E-state index contributed by atoms with van der Waals surface area (Å²) in [4.78, 5) is 37.0. The molecule has 0 amide bonds. The van der Waals surface area contributed by atoms with E-state index in [0.717, 1.165) is 22.0 Å². The third-order valence-electron chi connectivity index (χ3n) is 4.55. The Hall–Kier alpha value is -3.45. The van der Waals surface area contributed by atoms with Crippen LogP contribution < -0.4 is 0 Å². The molecule has 2 aromatic heterocycles. The number of thiophene rings is 1. The lowest BCUT2D eigenvalue weighted by atomic mass is 10.1. The Bertz CT molecular complexity index is 1090. The molecule has 7 heteroatoms. The third kappa shape index (κ3) is 4.75. The molecule has 2 heterocycles. The monoisotopic (exact) mass is 423 g/mol. The Morgan fingerprint density at radius 2 is 1.83 bits per heavy atom. The van der Waals surface area contributed by atoms with Crippen LogP contribution in [0.1, 0.15) is 37.0 Å².